The number of hydrogen-bond acceptors (Lipinski definition) is 6. The quantitative estimate of drug-likeness (QED) is 0.509. The van der Waals surface area contributed by atoms with Gasteiger partial charge in [-0.2, -0.15) is 5.10 Å². The van der Waals surface area contributed by atoms with Crippen LogP contribution in [-0.4, -0.2) is 43.5 Å². The van der Waals surface area contributed by atoms with Gasteiger partial charge in [0.2, 0.25) is 10.0 Å². The minimum atomic E-state index is -3.36. The Labute approximate surface area is 174 Å². The number of nitrogens with one attached hydrogen (secondary N) is 1. The summed E-state index contributed by atoms with van der Waals surface area (Å²) < 4.78 is 38.0. The van der Waals surface area contributed by atoms with E-state index in [1.54, 1.807) is 43.1 Å². The molecule has 2 aromatic carbocycles. The van der Waals surface area contributed by atoms with Gasteiger partial charge in [-0.1, -0.05) is 12.1 Å². The molecule has 4 rings (SSSR count). The van der Waals surface area contributed by atoms with Crippen molar-refractivity contribution in [2.45, 2.75) is 0 Å². The minimum absolute atomic E-state index is 0.475. The zero-order valence-electron chi connectivity index (χ0n) is 16.7. The second kappa shape index (κ2) is 7.68. The number of ether oxygens (including phenoxy) is 2. The molecule has 0 spiro atoms. The summed E-state index contributed by atoms with van der Waals surface area (Å²) in [6, 6.07) is 16.4. The molecular weight excluding hydrogens is 404 g/mol. The number of methoxy groups -OCH3 is 2. The molecular formula is C21H20N4O4S. The van der Waals surface area contributed by atoms with Crippen molar-refractivity contribution in [2.75, 3.05) is 25.2 Å². The highest BCUT2D eigenvalue weighted by Crippen LogP contribution is 2.32. The van der Waals surface area contributed by atoms with E-state index in [0.717, 1.165) is 23.1 Å². The fourth-order valence-electron chi connectivity index (χ4n) is 3.18. The van der Waals surface area contributed by atoms with E-state index in [1.807, 2.05) is 36.4 Å². The molecule has 8 nitrogen and oxygen atoms in total. The van der Waals surface area contributed by atoms with E-state index >= 15 is 0 Å². The van der Waals surface area contributed by atoms with Gasteiger partial charge in [-0.05, 0) is 42.5 Å². The van der Waals surface area contributed by atoms with Crippen molar-refractivity contribution in [3.63, 3.8) is 0 Å². The van der Waals surface area contributed by atoms with E-state index in [9.17, 15) is 8.42 Å². The van der Waals surface area contributed by atoms with Crippen molar-refractivity contribution in [3.8, 4) is 34.0 Å². The van der Waals surface area contributed by atoms with Gasteiger partial charge in [0.25, 0.3) is 0 Å². The molecule has 0 aliphatic heterocycles. The second-order valence-corrected chi connectivity index (χ2v) is 8.41. The van der Waals surface area contributed by atoms with Crippen LogP contribution in [0, 0.1) is 0 Å². The van der Waals surface area contributed by atoms with Gasteiger partial charge in [0.15, 0.2) is 17.1 Å². The number of anilines is 1. The van der Waals surface area contributed by atoms with Gasteiger partial charge in [0, 0.05) is 16.8 Å². The maximum Gasteiger partial charge on any atom is 0.229 e. The molecule has 4 aromatic rings. The molecule has 9 heteroatoms. The third-order valence-electron chi connectivity index (χ3n) is 4.50. The monoisotopic (exact) mass is 424 g/mol. The Morgan fingerprint density at radius 1 is 0.933 bits per heavy atom. The molecule has 0 atom stereocenters. The highest BCUT2D eigenvalue weighted by atomic mass is 32.2. The summed E-state index contributed by atoms with van der Waals surface area (Å²) in [5.41, 5.74) is 4.28. The molecule has 2 aromatic heterocycles. The summed E-state index contributed by atoms with van der Waals surface area (Å²) in [4.78, 5) is 4.43. The number of benzene rings is 2. The zero-order valence-corrected chi connectivity index (χ0v) is 17.5. The molecule has 0 saturated heterocycles. The van der Waals surface area contributed by atoms with Crippen LogP contribution in [0.15, 0.2) is 60.8 Å². The number of nitrogens with zero attached hydrogens (tertiary/aromatic N) is 3. The minimum Gasteiger partial charge on any atom is -0.493 e. The van der Waals surface area contributed by atoms with Crippen molar-refractivity contribution in [2.24, 2.45) is 0 Å². The lowest BCUT2D eigenvalue weighted by molar-refractivity contribution is 0.355. The van der Waals surface area contributed by atoms with E-state index in [-0.39, 0.29) is 0 Å². The summed E-state index contributed by atoms with van der Waals surface area (Å²) in [5, 5.41) is 4.72. The lowest BCUT2D eigenvalue weighted by Gasteiger charge is -2.10. The first-order chi connectivity index (χ1) is 14.4. The van der Waals surface area contributed by atoms with Gasteiger partial charge in [0.1, 0.15) is 0 Å². The first-order valence-electron chi connectivity index (χ1n) is 9.03. The third kappa shape index (κ3) is 3.92. The van der Waals surface area contributed by atoms with Gasteiger partial charge in [-0.25, -0.2) is 17.9 Å². The van der Waals surface area contributed by atoms with Gasteiger partial charge in [-0.15, -0.1) is 0 Å². The molecule has 30 heavy (non-hydrogen) atoms. The normalized spacial score (nSPS) is 11.4. The van der Waals surface area contributed by atoms with Crippen molar-refractivity contribution >= 4 is 21.4 Å². The van der Waals surface area contributed by atoms with E-state index in [1.165, 1.54) is 0 Å². The number of hydrogen-bond donors (Lipinski definition) is 1. The average molecular weight is 424 g/mol. The SMILES string of the molecule is COc1ccc(-c2cnc3ccc(-c4cccc(NS(C)(=O)=O)c4)nn23)cc1OC. The Hall–Kier alpha value is -3.59. The molecule has 0 amide bonds. The van der Waals surface area contributed by atoms with Gasteiger partial charge < -0.3 is 9.47 Å². The van der Waals surface area contributed by atoms with E-state index in [4.69, 9.17) is 14.6 Å². The zero-order chi connectivity index (χ0) is 21.3. The molecule has 0 aliphatic rings. The third-order valence-corrected chi connectivity index (χ3v) is 5.11. The number of aromatic nitrogens is 3. The van der Waals surface area contributed by atoms with Crippen LogP contribution in [0.1, 0.15) is 0 Å². The van der Waals surface area contributed by atoms with E-state index in [0.29, 0.717) is 28.5 Å². The number of rotatable bonds is 6. The van der Waals surface area contributed by atoms with Crippen LogP contribution in [-0.2, 0) is 10.0 Å². The summed E-state index contributed by atoms with van der Waals surface area (Å²) in [7, 11) is -0.188. The van der Waals surface area contributed by atoms with Gasteiger partial charge >= 0.3 is 0 Å². The molecule has 154 valence electrons. The molecule has 0 bridgehead atoms. The van der Waals surface area contributed by atoms with Crippen LogP contribution in [0.2, 0.25) is 0 Å². The molecule has 0 radical (unpaired) electrons. The fraction of sp³-hybridized carbons (Fsp3) is 0.143. The molecule has 0 aliphatic carbocycles. The largest absolute Gasteiger partial charge is 0.493 e. The summed E-state index contributed by atoms with van der Waals surface area (Å²) in [6.07, 6.45) is 2.86. The molecule has 1 N–H and O–H groups in total. The van der Waals surface area contributed by atoms with Crippen LogP contribution in [0.3, 0.4) is 0 Å². The first kappa shape index (κ1) is 19.7. The fourth-order valence-corrected chi connectivity index (χ4v) is 3.73. The maximum atomic E-state index is 11.5. The number of sulfonamides is 1. The van der Waals surface area contributed by atoms with Crippen LogP contribution in [0.5, 0.6) is 11.5 Å². The van der Waals surface area contributed by atoms with Crippen LogP contribution < -0.4 is 14.2 Å². The van der Waals surface area contributed by atoms with E-state index in [2.05, 4.69) is 9.71 Å². The Morgan fingerprint density at radius 3 is 2.47 bits per heavy atom. The Bertz CT molecular complexity index is 1330. The van der Waals surface area contributed by atoms with Crippen LogP contribution in [0.25, 0.3) is 28.2 Å². The summed E-state index contributed by atoms with van der Waals surface area (Å²) in [5.74, 6) is 1.25. The lowest BCUT2D eigenvalue weighted by atomic mass is 10.1. The standard InChI is InChI=1S/C21H20N4O4S/c1-28-19-9-7-15(12-20(19)29-2)18-13-22-21-10-8-17(23-25(18)21)14-5-4-6-16(11-14)24-30(3,26)27/h4-13,24H,1-3H3. The first-order valence-corrected chi connectivity index (χ1v) is 10.9. The molecule has 0 unspecified atom stereocenters. The Kier molecular flexibility index (Phi) is 5.04. The topological polar surface area (TPSA) is 94.8 Å². The highest BCUT2D eigenvalue weighted by molar-refractivity contribution is 7.92. The van der Waals surface area contributed by atoms with Crippen molar-refractivity contribution in [3.05, 3.63) is 60.8 Å². The molecule has 2 heterocycles. The maximum absolute atomic E-state index is 11.5. The summed E-state index contributed by atoms with van der Waals surface area (Å²) in [6.45, 7) is 0. The second-order valence-electron chi connectivity index (χ2n) is 6.66. The van der Waals surface area contributed by atoms with Crippen LogP contribution in [0.4, 0.5) is 5.69 Å². The predicted molar refractivity (Wildman–Crippen MR) is 115 cm³/mol. The molecule has 0 fully saturated rings. The van der Waals surface area contributed by atoms with Gasteiger partial charge in [-0.3, -0.25) is 4.72 Å². The van der Waals surface area contributed by atoms with Gasteiger partial charge in [0.05, 0.1) is 38.1 Å². The van der Waals surface area contributed by atoms with E-state index < -0.39 is 10.0 Å². The predicted octanol–water partition coefficient (Wildman–Crippen LogP) is 3.45. The van der Waals surface area contributed by atoms with Crippen LogP contribution >= 0.6 is 0 Å². The molecule has 0 saturated carbocycles. The lowest BCUT2D eigenvalue weighted by Crippen LogP contribution is -2.09. The van der Waals surface area contributed by atoms with Crippen molar-refractivity contribution < 1.29 is 17.9 Å². The number of fused-ring (bicyclic) bond motifs is 1. The number of imidazole rings is 1. The average Bonchev–Trinajstić information content (AvgIpc) is 3.15. The smallest absolute Gasteiger partial charge is 0.229 e. The van der Waals surface area contributed by atoms with Crippen molar-refractivity contribution in [1.29, 1.82) is 0 Å². The Morgan fingerprint density at radius 2 is 1.73 bits per heavy atom. The highest BCUT2D eigenvalue weighted by Gasteiger charge is 2.13. The van der Waals surface area contributed by atoms with Crippen molar-refractivity contribution in [1.82, 2.24) is 14.6 Å². The summed E-state index contributed by atoms with van der Waals surface area (Å²) >= 11 is 0. The Balaban J connectivity index is 1.78.